The van der Waals surface area contributed by atoms with Gasteiger partial charge in [-0.05, 0) is 19.3 Å². The van der Waals surface area contributed by atoms with Crippen molar-refractivity contribution in [1.82, 2.24) is 10.2 Å². The highest BCUT2D eigenvalue weighted by atomic mass is 32.2. The molecule has 1 N–H and O–H groups in total. The summed E-state index contributed by atoms with van der Waals surface area (Å²) >= 11 is 0. The Balaban J connectivity index is 1.94. The number of carbonyl (C=O) groups is 1. The lowest BCUT2D eigenvalue weighted by atomic mass is 10.2. The van der Waals surface area contributed by atoms with Crippen LogP contribution in [0.2, 0.25) is 0 Å². The standard InChI is InChI=1S/C12H22N2O3S/c1-9(2)13-11-5-6-14(12(11)15)8-10-4-3-7-18(10,16)17/h9-11,13H,3-8H2,1-2H3. The summed E-state index contributed by atoms with van der Waals surface area (Å²) in [5, 5.41) is 2.89. The second kappa shape index (κ2) is 5.17. The minimum Gasteiger partial charge on any atom is -0.340 e. The van der Waals surface area contributed by atoms with Gasteiger partial charge in [-0.2, -0.15) is 0 Å². The first-order chi connectivity index (χ1) is 8.40. The van der Waals surface area contributed by atoms with Gasteiger partial charge in [-0.25, -0.2) is 8.42 Å². The monoisotopic (exact) mass is 274 g/mol. The molecule has 2 aliphatic rings. The number of nitrogens with one attached hydrogen (secondary N) is 1. The van der Waals surface area contributed by atoms with Gasteiger partial charge in [0.1, 0.15) is 0 Å². The highest BCUT2D eigenvalue weighted by molar-refractivity contribution is 7.92. The number of amides is 1. The Morgan fingerprint density at radius 1 is 1.39 bits per heavy atom. The summed E-state index contributed by atoms with van der Waals surface area (Å²) in [6, 6.07) is 0.142. The van der Waals surface area contributed by atoms with E-state index in [4.69, 9.17) is 0 Å². The molecule has 2 heterocycles. The topological polar surface area (TPSA) is 66.5 Å². The van der Waals surface area contributed by atoms with E-state index in [1.165, 1.54) is 0 Å². The average Bonchev–Trinajstić information content (AvgIpc) is 2.75. The Labute approximate surface area is 109 Å². The Morgan fingerprint density at radius 2 is 2.11 bits per heavy atom. The summed E-state index contributed by atoms with van der Waals surface area (Å²) in [6.45, 7) is 5.08. The lowest BCUT2D eigenvalue weighted by Gasteiger charge is -2.21. The van der Waals surface area contributed by atoms with Crippen molar-refractivity contribution in [3.05, 3.63) is 0 Å². The molecule has 2 fully saturated rings. The fourth-order valence-corrected chi connectivity index (χ4v) is 4.62. The minimum atomic E-state index is -2.95. The van der Waals surface area contributed by atoms with E-state index in [-0.39, 0.29) is 29.0 Å². The molecule has 2 saturated heterocycles. The molecule has 2 unspecified atom stereocenters. The minimum absolute atomic E-state index is 0.0609. The van der Waals surface area contributed by atoms with Crippen LogP contribution in [0.4, 0.5) is 0 Å². The van der Waals surface area contributed by atoms with E-state index in [9.17, 15) is 13.2 Å². The van der Waals surface area contributed by atoms with Crippen LogP contribution in [0, 0.1) is 0 Å². The molecule has 0 saturated carbocycles. The van der Waals surface area contributed by atoms with E-state index in [0.29, 0.717) is 19.5 Å². The highest BCUT2D eigenvalue weighted by Crippen LogP contribution is 2.23. The fourth-order valence-electron chi connectivity index (χ4n) is 2.79. The number of hydrogen-bond donors (Lipinski definition) is 1. The molecule has 18 heavy (non-hydrogen) atoms. The van der Waals surface area contributed by atoms with Gasteiger partial charge in [0.2, 0.25) is 5.91 Å². The second-order valence-electron chi connectivity index (χ2n) is 5.58. The maximum Gasteiger partial charge on any atom is 0.239 e. The largest absolute Gasteiger partial charge is 0.340 e. The van der Waals surface area contributed by atoms with E-state index in [0.717, 1.165) is 12.8 Å². The summed E-state index contributed by atoms with van der Waals surface area (Å²) in [4.78, 5) is 13.8. The first-order valence-electron chi connectivity index (χ1n) is 6.66. The molecule has 0 aromatic heterocycles. The fraction of sp³-hybridized carbons (Fsp3) is 0.917. The van der Waals surface area contributed by atoms with Crippen LogP contribution in [-0.2, 0) is 14.6 Å². The summed E-state index contributed by atoms with van der Waals surface area (Å²) in [5.41, 5.74) is 0. The van der Waals surface area contributed by atoms with Gasteiger partial charge in [-0.1, -0.05) is 13.8 Å². The molecule has 2 atom stereocenters. The van der Waals surface area contributed by atoms with Crippen LogP contribution in [0.1, 0.15) is 33.1 Å². The lowest BCUT2D eigenvalue weighted by Crippen LogP contribution is -2.43. The smallest absolute Gasteiger partial charge is 0.239 e. The highest BCUT2D eigenvalue weighted by Gasteiger charge is 2.38. The molecule has 0 aromatic rings. The molecule has 0 spiro atoms. The summed E-state index contributed by atoms with van der Waals surface area (Å²) in [6.07, 6.45) is 2.22. The van der Waals surface area contributed by atoms with Crippen LogP contribution < -0.4 is 5.32 Å². The molecule has 104 valence electrons. The number of rotatable bonds is 4. The Hall–Kier alpha value is -0.620. The number of hydrogen-bond acceptors (Lipinski definition) is 4. The zero-order valence-corrected chi connectivity index (χ0v) is 11.9. The van der Waals surface area contributed by atoms with Crippen molar-refractivity contribution in [2.75, 3.05) is 18.8 Å². The van der Waals surface area contributed by atoms with Gasteiger partial charge in [-0.15, -0.1) is 0 Å². The summed E-state index contributed by atoms with van der Waals surface area (Å²) in [5.74, 6) is 0.346. The molecule has 0 aliphatic carbocycles. The van der Waals surface area contributed by atoms with Crippen LogP contribution in [0.15, 0.2) is 0 Å². The van der Waals surface area contributed by atoms with Gasteiger partial charge in [0.25, 0.3) is 0 Å². The molecule has 0 aromatic carbocycles. The predicted octanol–water partition coefficient (Wildman–Crippen LogP) is 0.163. The van der Waals surface area contributed by atoms with Gasteiger partial charge in [0.05, 0.1) is 17.0 Å². The number of nitrogens with zero attached hydrogens (tertiary/aromatic N) is 1. The molecule has 0 radical (unpaired) electrons. The summed E-state index contributed by atoms with van der Waals surface area (Å²) < 4.78 is 23.5. The van der Waals surface area contributed by atoms with Crippen LogP contribution in [0.5, 0.6) is 0 Å². The predicted molar refractivity (Wildman–Crippen MR) is 70.1 cm³/mol. The van der Waals surface area contributed by atoms with Crippen LogP contribution in [0.25, 0.3) is 0 Å². The molecule has 2 aliphatic heterocycles. The first kappa shape index (κ1) is 13.8. The van der Waals surface area contributed by atoms with E-state index >= 15 is 0 Å². The lowest BCUT2D eigenvalue weighted by molar-refractivity contribution is -0.129. The quantitative estimate of drug-likeness (QED) is 0.793. The van der Waals surface area contributed by atoms with E-state index in [2.05, 4.69) is 5.32 Å². The normalized spacial score (nSPS) is 31.5. The molecular formula is C12H22N2O3S. The van der Waals surface area contributed by atoms with Crippen LogP contribution in [-0.4, -0.2) is 55.4 Å². The second-order valence-corrected chi connectivity index (χ2v) is 7.98. The zero-order valence-electron chi connectivity index (χ0n) is 11.1. The molecule has 5 nitrogen and oxygen atoms in total. The van der Waals surface area contributed by atoms with Gasteiger partial charge in [-0.3, -0.25) is 4.79 Å². The van der Waals surface area contributed by atoms with Gasteiger partial charge in [0.15, 0.2) is 9.84 Å². The van der Waals surface area contributed by atoms with Crippen molar-refractivity contribution < 1.29 is 13.2 Å². The molecule has 0 bridgehead atoms. The molecule has 6 heteroatoms. The van der Waals surface area contributed by atoms with Gasteiger partial charge in [0, 0.05) is 19.1 Å². The van der Waals surface area contributed by atoms with Crippen molar-refractivity contribution in [2.24, 2.45) is 0 Å². The zero-order chi connectivity index (χ0) is 13.3. The van der Waals surface area contributed by atoms with Crippen molar-refractivity contribution in [3.8, 4) is 0 Å². The van der Waals surface area contributed by atoms with Crippen molar-refractivity contribution in [3.63, 3.8) is 0 Å². The third kappa shape index (κ3) is 2.85. The molecular weight excluding hydrogens is 252 g/mol. The van der Waals surface area contributed by atoms with Crippen molar-refractivity contribution in [1.29, 1.82) is 0 Å². The molecule has 2 rings (SSSR count). The third-order valence-corrected chi connectivity index (χ3v) is 5.98. The number of likely N-dealkylation sites (tertiary alicyclic amines) is 1. The van der Waals surface area contributed by atoms with Crippen molar-refractivity contribution >= 4 is 15.7 Å². The summed E-state index contributed by atoms with van der Waals surface area (Å²) in [7, 11) is -2.95. The van der Waals surface area contributed by atoms with Crippen LogP contribution >= 0.6 is 0 Å². The number of sulfone groups is 1. The van der Waals surface area contributed by atoms with Gasteiger partial charge < -0.3 is 10.2 Å². The first-order valence-corrected chi connectivity index (χ1v) is 8.38. The molecule has 1 amide bonds. The maximum absolute atomic E-state index is 12.1. The SMILES string of the molecule is CC(C)NC1CCN(CC2CCCS2(=O)=O)C1=O. The van der Waals surface area contributed by atoms with E-state index < -0.39 is 9.84 Å². The number of carbonyl (C=O) groups excluding carboxylic acids is 1. The maximum atomic E-state index is 12.1. The third-order valence-electron chi connectivity index (χ3n) is 3.72. The van der Waals surface area contributed by atoms with Gasteiger partial charge >= 0.3 is 0 Å². The van der Waals surface area contributed by atoms with E-state index in [1.54, 1.807) is 4.90 Å². The average molecular weight is 274 g/mol. The van der Waals surface area contributed by atoms with E-state index in [1.807, 2.05) is 13.8 Å². The Bertz CT molecular complexity index is 419. The van der Waals surface area contributed by atoms with Crippen LogP contribution in [0.3, 0.4) is 0 Å². The van der Waals surface area contributed by atoms with Crippen molar-refractivity contribution in [2.45, 2.75) is 50.4 Å². The Morgan fingerprint density at radius 3 is 2.67 bits per heavy atom. The Kier molecular flexibility index (Phi) is 3.96.